The molecule has 0 aliphatic carbocycles. The highest BCUT2D eigenvalue weighted by atomic mass is 35.5. The van der Waals surface area contributed by atoms with Gasteiger partial charge in [0.15, 0.2) is 5.17 Å². The summed E-state index contributed by atoms with van der Waals surface area (Å²) in [7, 11) is 1.66. The van der Waals surface area contributed by atoms with Gasteiger partial charge in [-0.25, -0.2) is 4.99 Å². The molecular weight excluding hydrogens is 426 g/mol. The molecule has 1 fully saturated rings. The molecule has 8 heteroatoms. The smallest absolute Gasteiger partial charge is 0.269 e. The number of halogens is 1. The number of methoxy groups -OCH3 is 1. The molecule has 2 aromatic rings. The van der Waals surface area contributed by atoms with Crippen LogP contribution in [0.2, 0.25) is 5.02 Å². The van der Waals surface area contributed by atoms with Crippen molar-refractivity contribution in [1.29, 1.82) is 0 Å². The molecule has 2 aliphatic rings. The quantitative estimate of drug-likeness (QED) is 0.562. The topological polar surface area (TPSA) is 45.1 Å². The van der Waals surface area contributed by atoms with Crippen molar-refractivity contribution in [3.63, 3.8) is 0 Å². The van der Waals surface area contributed by atoms with Crippen LogP contribution in [0.25, 0.3) is 0 Å². The van der Waals surface area contributed by atoms with E-state index in [9.17, 15) is 4.79 Å². The molecule has 0 spiro atoms. The van der Waals surface area contributed by atoms with Crippen LogP contribution in [-0.4, -0.2) is 36.2 Å². The first kappa shape index (κ1) is 20.2. The first-order chi connectivity index (χ1) is 14.0. The molecule has 0 radical (unpaired) electrons. The van der Waals surface area contributed by atoms with E-state index in [1.54, 1.807) is 35.9 Å². The Morgan fingerprint density at radius 2 is 1.76 bits per heavy atom. The number of benzene rings is 2. The molecule has 29 heavy (non-hydrogen) atoms. The van der Waals surface area contributed by atoms with Crippen molar-refractivity contribution in [1.82, 2.24) is 4.90 Å². The van der Waals surface area contributed by atoms with Gasteiger partial charge in [-0.3, -0.25) is 9.69 Å². The summed E-state index contributed by atoms with van der Waals surface area (Å²) in [6.07, 6.45) is 0. The monoisotopic (exact) mass is 445 g/mol. The van der Waals surface area contributed by atoms with Crippen molar-refractivity contribution >= 4 is 57.6 Å². The summed E-state index contributed by atoms with van der Waals surface area (Å²) in [5.74, 6) is 0.797. The molecule has 150 valence electrons. The van der Waals surface area contributed by atoms with E-state index in [2.05, 4.69) is 11.8 Å². The lowest BCUT2D eigenvalue weighted by atomic mass is 10.2. The number of fused-ring (bicyclic) bond motifs is 1. The van der Waals surface area contributed by atoms with Crippen molar-refractivity contribution in [3.05, 3.63) is 57.4 Å². The molecule has 0 unspecified atom stereocenters. The van der Waals surface area contributed by atoms with E-state index in [1.165, 1.54) is 11.8 Å². The van der Waals surface area contributed by atoms with Crippen LogP contribution in [0, 0.1) is 0 Å². The van der Waals surface area contributed by atoms with Gasteiger partial charge in [0.2, 0.25) is 0 Å². The number of hydrogen-bond donors (Lipinski definition) is 0. The Morgan fingerprint density at radius 3 is 2.41 bits per heavy atom. The summed E-state index contributed by atoms with van der Waals surface area (Å²) in [5, 5.41) is 2.30. The standard InChI is InChI=1S/C21H20ClN3O2S2/c1-4-24-16-12-15(27-3)10-11-17(16)28-20(24)18-19(26)25(5-2)21(29-18)23-14-8-6-13(22)7-9-14/h6-12H,4-5H2,1-3H3/b20-18+,23-21?. The summed E-state index contributed by atoms with van der Waals surface area (Å²) in [5.41, 5.74) is 1.84. The predicted octanol–water partition coefficient (Wildman–Crippen LogP) is 5.73. The number of carbonyl (C=O) groups excluding carboxylic acids is 1. The highest BCUT2D eigenvalue weighted by Crippen LogP contribution is 2.51. The average molecular weight is 446 g/mol. The maximum Gasteiger partial charge on any atom is 0.269 e. The van der Waals surface area contributed by atoms with Crippen molar-refractivity contribution in [2.24, 2.45) is 4.99 Å². The van der Waals surface area contributed by atoms with Crippen LogP contribution in [0.5, 0.6) is 5.75 Å². The van der Waals surface area contributed by atoms with Crippen molar-refractivity contribution < 1.29 is 9.53 Å². The third kappa shape index (κ3) is 3.74. The van der Waals surface area contributed by atoms with Crippen LogP contribution in [0.3, 0.4) is 0 Å². The molecule has 0 atom stereocenters. The lowest BCUT2D eigenvalue weighted by Crippen LogP contribution is -2.29. The Kier molecular flexibility index (Phi) is 5.81. The summed E-state index contributed by atoms with van der Waals surface area (Å²) < 4.78 is 5.38. The number of carbonyl (C=O) groups is 1. The van der Waals surface area contributed by atoms with Crippen molar-refractivity contribution in [2.45, 2.75) is 18.7 Å². The fourth-order valence-electron chi connectivity index (χ4n) is 3.20. The van der Waals surface area contributed by atoms with E-state index in [1.807, 2.05) is 37.3 Å². The number of aliphatic imine (C=N–C) groups is 1. The number of ether oxygens (including phenoxy) is 1. The Bertz CT molecular complexity index is 1020. The maximum atomic E-state index is 13.2. The maximum absolute atomic E-state index is 13.2. The fourth-order valence-corrected chi connectivity index (χ4v) is 5.76. The Morgan fingerprint density at radius 1 is 1.03 bits per heavy atom. The van der Waals surface area contributed by atoms with Gasteiger partial charge < -0.3 is 9.64 Å². The van der Waals surface area contributed by atoms with Gasteiger partial charge in [0.05, 0.1) is 18.5 Å². The minimum atomic E-state index is -0.00839. The zero-order valence-electron chi connectivity index (χ0n) is 16.3. The Labute approximate surface area is 183 Å². The number of amidine groups is 1. The SMILES string of the molecule is CCN1C(=O)/C(=C2\Sc3ccc(OC)cc3N2CC)SC1=Nc1ccc(Cl)cc1. The van der Waals surface area contributed by atoms with E-state index < -0.39 is 0 Å². The Balaban J connectivity index is 1.73. The summed E-state index contributed by atoms with van der Waals surface area (Å²) in [4.78, 5) is 23.6. The second-order valence-electron chi connectivity index (χ2n) is 6.34. The first-order valence-electron chi connectivity index (χ1n) is 9.27. The molecule has 2 heterocycles. The third-order valence-corrected chi connectivity index (χ3v) is 7.28. The van der Waals surface area contributed by atoms with Crippen LogP contribution < -0.4 is 9.64 Å². The number of likely N-dealkylation sites (N-methyl/N-ethyl adjacent to an activating group) is 1. The molecule has 2 aliphatic heterocycles. The van der Waals surface area contributed by atoms with Crippen LogP contribution >= 0.6 is 35.1 Å². The molecule has 1 saturated heterocycles. The average Bonchev–Trinajstić information content (AvgIpc) is 3.25. The number of rotatable bonds is 4. The lowest BCUT2D eigenvalue weighted by Gasteiger charge is -2.19. The number of anilines is 1. The van der Waals surface area contributed by atoms with E-state index in [-0.39, 0.29) is 5.91 Å². The van der Waals surface area contributed by atoms with Crippen LogP contribution in [-0.2, 0) is 4.79 Å². The molecule has 2 aromatic carbocycles. The number of thioether (sulfide) groups is 2. The summed E-state index contributed by atoms with van der Waals surface area (Å²) >= 11 is 9.02. The van der Waals surface area contributed by atoms with Crippen molar-refractivity contribution in [2.75, 3.05) is 25.1 Å². The third-order valence-electron chi connectivity index (χ3n) is 4.65. The fraction of sp³-hybridized carbons (Fsp3) is 0.238. The van der Waals surface area contributed by atoms with Gasteiger partial charge >= 0.3 is 0 Å². The van der Waals surface area contributed by atoms with Gasteiger partial charge in [0.1, 0.15) is 15.7 Å². The molecule has 4 rings (SSSR count). The van der Waals surface area contributed by atoms with Crippen LogP contribution in [0.4, 0.5) is 11.4 Å². The number of nitrogens with zero attached hydrogens (tertiary/aromatic N) is 3. The highest BCUT2D eigenvalue weighted by molar-refractivity contribution is 8.19. The number of hydrogen-bond acceptors (Lipinski definition) is 6. The van der Waals surface area contributed by atoms with E-state index in [0.29, 0.717) is 21.6 Å². The van der Waals surface area contributed by atoms with Gasteiger partial charge in [-0.2, -0.15) is 0 Å². The molecule has 0 saturated carbocycles. The van der Waals surface area contributed by atoms with Gasteiger partial charge in [0.25, 0.3) is 5.91 Å². The Hall–Kier alpha value is -2.09. The molecular formula is C21H20ClN3O2S2. The van der Waals surface area contributed by atoms with Crippen LogP contribution in [0.1, 0.15) is 13.8 Å². The van der Waals surface area contributed by atoms with Gasteiger partial charge in [-0.05, 0) is 62.0 Å². The van der Waals surface area contributed by atoms with E-state index in [4.69, 9.17) is 21.3 Å². The summed E-state index contributed by atoms with van der Waals surface area (Å²) in [6.45, 7) is 5.37. The minimum absolute atomic E-state index is 0.00839. The summed E-state index contributed by atoms with van der Waals surface area (Å²) in [6, 6.07) is 13.3. The van der Waals surface area contributed by atoms with Gasteiger partial charge in [-0.1, -0.05) is 23.4 Å². The molecule has 0 bridgehead atoms. The molecule has 5 nitrogen and oxygen atoms in total. The lowest BCUT2D eigenvalue weighted by molar-refractivity contribution is -0.122. The van der Waals surface area contributed by atoms with Gasteiger partial charge in [-0.15, -0.1) is 0 Å². The first-order valence-corrected chi connectivity index (χ1v) is 11.3. The largest absolute Gasteiger partial charge is 0.497 e. The number of amides is 1. The minimum Gasteiger partial charge on any atom is -0.497 e. The van der Waals surface area contributed by atoms with E-state index >= 15 is 0 Å². The predicted molar refractivity (Wildman–Crippen MR) is 122 cm³/mol. The van der Waals surface area contributed by atoms with Crippen LogP contribution in [0.15, 0.2) is 62.3 Å². The second kappa shape index (κ2) is 8.34. The molecule has 0 aromatic heterocycles. The molecule has 1 amide bonds. The normalized spacial score (nSPS) is 20.0. The van der Waals surface area contributed by atoms with E-state index in [0.717, 1.165) is 33.6 Å². The highest BCUT2D eigenvalue weighted by Gasteiger charge is 2.39. The molecule has 0 N–H and O–H groups in total. The zero-order valence-corrected chi connectivity index (χ0v) is 18.7. The zero-order chi connectivity index (χ0) is 20.5. The van der Waals surface area contributed by atoms with Crippen molar-refractivity contribution in [3.8, 4) is 5.75 Å². The second-order valence-corrected chi connectivity index (χ2v) is 8.78. The van der Waals surface area contributed by atoms with Gasteiger partial charge in [0, 0.05) is 29.1 Å².